The smallest absolute Gasteiger partial charge is 0.255 e. The number of benzene rings is 1. The maximum atomic E-state index is 11.8. The van der Waals surface area contributed by atoms with Crippen LogP contribution in [0, 0.1) is 5.41 Å². The number of hydrogen-bond acceptors (Lipinski definition) is 3. The number of hydrogen-bond donors (Lipinski definition) is 3. The Labute approximate surface area is 109 Å². The number of phenols is 2. The van der Waals surface area contributed by atoms with Crippen LogP contribution in [0.5, 0.6) is 11.5 Å². The Bertz CT molecular complexity index is 418. The minimum Gasteiger partial charge on any atom is -0.504 e. The Morgan fingerprint density at radius 1 is 1.41 bits per heavy atom. The van der Waals surface area contributed by atoms with Crippen LogP contribution < -0.4 is 5.32 Å². The molecule has 94 valence electrons. The second-order valence-electron chi connectivity index (χ2n) is 4.65. The summed E-state index contributed by atoms with van der Waals surface area (Å²) in [5.41, 5.74) is 0.0117. The first-order valence-corrected chi connectivity index (χ1v) is 6.34. The van der Waals surface area contributed by atoms with Gasteiger partial charge in [0.15, 0.2) is 11.5 Å². The first-order chi connectivity index (χ1) is 7.87. The van der Waals surface area contributed by atoms with Gasteiger partial charge in [0.25, 0.3) is 5.91 Å². The summed E-state index contributed by atoms with van der Waals surface area (Å²) in [6.45, 7) is 4.49. The summed E-state index contributed by atoms with van der Waals surface area (Å²) in [7, 11) is 0. The lowest BCUT2D eigenvalue weighted by Crippen LogP contribution is -2.34. The normalized spacial score (nSPS) is 11.2. The van der Waals surface area contributed by atoms with Gasteiger partial charge in [0.05, 0.1) is 5.56 Å². The van der Waals surface area contributed by atoms with Gasteiger partial charge in [-0.1, -0.05) is 35.8 Å². The van der Waals surface area contributed by atoms with E-state index in [1.165, 1.54) is 18.2 Å². The van der Waals surface area contributed by atoms with E-state index in [0.717, 1.165) is 5.33 Å². The van der Waals surface area contributed by atoms with E-state index in [9.17, 15) is 15.0 Å². The predicted molar refractivity (Wildman–Crippen MR) is 69.7 cm³/mol. The van der Waals surface area contributed by atoms with Crippen molar-refractivity contribution in [1.82, 2.24) is 5.32 Å². The predicted octanol–water partition coefficient (Wildman–Crippen LogP) is 2.25. The summed E-state index contributed by atoms with van der Waals surface area (Å²) in [5.74, 6) is -1.08. The summed E-state index contributed by atoms with van der Waals surface area (Å²) >= 11 is 3.36. The highest BCUT2D eigenvalue weighted by atomic mass is 79.9. The van der Waals surface area contributed by atoms with Crippen molar-refractivity contribution in [3.05, 3.63) is 23.8 Å². The molecule has 0 aliphatic rings. The standard InChI is InChI=1S/C12H16BrNO3/c1-12(2,6-13)7-14-11(17)8-4-3-5-9(15)10(8)16/h3-5,15-16H,6-7H2,1-2H3,(H,14,17). The zero-order valence-corrected chi connectivity index (χ0v) is 11.4. The summed E-state index contributed by atoms with van der Waals surface area (Å²) in [6.07, 6.45) is 0. The third kappa shape index (κ3) is 3.63. The van der Waals surface area contributed by atoms with Gasteiger partial charge in [-0.3, -0.25) is 4.79 Å². The first kappa shape index (κ1) is 13.8. The first-order valence-electron chi connectivity index (χ1n) is 5.22. The molecular weight excluding hydrogens is 286 g/mol. The van der Waals surface area contributed by atoms with Gasteiger partial charge < -0.3 is 15.5 Å². The number of para-hydroxylation sites is 1. The van der Waals surface area contributed by atoms with Gasteiger partial charge in [0, 0.05) is 11.9 Å². The summed E-state index contributed by atoms with van der Waals surface area (Å²) in [4.78, 5) is 11.8. The molecule has 1 aromatic rings. The fourth-order valence-corrected chi connectivity index (χ4v) is 1.37. The number of phenolic OH excluding ortho intramolecular Hbond substituents is 2. The van der Waals surface area contributed by atoms with E-state index < -0.39 is 5.91 Å². The highest BCUT2D eigenvalue weighted by molar-refractivity contribution is 9.09. The van der Waals surface area contributed by atoms with Crippen LogP contribution >= 0.6 is 15.9 Å². The van der Waals surface area contributed by atoms with Gasteiger partial charge >= 0.3 is 0 Å². The lowest BCUT2D eigenvalue weighted by molar-refractivity contribution is 0.0937. The van der Waals surface area contributed by atoms with Crippen LogP contribution in [0.3, 0.4) is 0 Å². The quantitative estimate of drug-likeness (QED) is 0.590. The molecule has 3 N–H and O–H groups in total. The summed E-state index contributed by atoms with van der Waals surface area (Å²) in [6, 6.07) is 4.31. The molecule has 0 fully saturated rings. The van der Waals surface area contributed by atoms with Crippen molar-refractivity contribution in [3.63, 3.8) is 0 Å². The summed E-state index contributed by atoms with van der Waals surface area (Å²) < 4.78 is 0. The van der Waals surface area contributed by atoms with Gasteiger partial charge in [-0.05, 0) is 17.5 Å². The Kier molecular flexibility index (Phi) is 4.40. The molecule has 4 nitrogen and oxygen atoms in total. The number of carbonyl (C=O) groups excluding carboxylic acids is 1. The van der Waals surface area contributed by atoms with E-state index in [1.807, 2.05) is 13.8 Å². The van der Waals surface area contributed by atoms with Crippen LogP contribution in [0.4, 0.5) is 0 Å². The van der Waals surface area contributed by atoms with E-state index in [-0.39, 0.29) is 22.5 Å². The summed E-state index contributed by atoms with van der Waals surface area (Å²) in [5, 5.41) is 22.3. The second-order valence-corrected chi connectivity index (χ2v) is 5.21. The van der Waals surface area contributed by atoms with E-state index in [1.54, 1.807) is 0 Å². The van der Waals surface area contributed by atoms with Crippen molar-refractivity contribution in [1.29, 1.82) is 0 Å². The molecule has 0 saturated heterocycles. The lowest BCUT2D eigenvalue weighted by Gasteiger charge is -2.22. The molecule has 0 saturated carbocycles. The SMILES string of the molecule is CC(C)(CBr)CNC(=O)c1cccc(O)c1O. The highest BCUT2D eigenvalue weighted by Gasteiger charge is 2.19. The fraction of sp³-hybridized carbons (Fsp3) is 0.417. The van der Waals surface area contributed by atoms with Crippen molar-refractivity contribution in [2.45, 2.75) is 13.8 Å². The van der Waals surface area contributed by atoms with Crippen LogP contribution in [-0.4, -0.2) is 28.0 Å². The highest BCUT2D eigenvalue weighted by Crippen LogP contribution is 2.28. The van der Waals surface area contributed by atoms with Crippen molar-refractivity contribution in [2.75, 3.05) is 11.9 Å². The van der Waals surface area contributed by atoms with Crippen LogP contribution in [-0.2, 0) is 0 Å². The van der Waals surface area contributed by atoms with E-state index in [4.69, 9.17) is 0 Å². The Morgan fingerprint density at radius 2 is 2.06 bits per heavy atom. The topological polar surface area (TPSA) is 69.6 Å². The molecule has 1 aromatic carbocycles. The van der Waals surface area contributed by atoms with Crippen LogP contribution in [0.1, 0.15) is 24.2 Å². The van der Waals surface area contributed by atoms with Crippen molar-refractivity contribution in [2.24, 2.45) is 5.41 Å². The minimum atomic E-state index is -0.396. The van der Waals surface area contributed by atoms with Crippen LogP contribution in [0.25, 0.3) is 0 Å². The molecule has 0 aromatic heterocycles. The molecule has 5 heteroatoms. The Morgan fingerprint density at radius 3 is 2.65 bits per heavy atom. The van der Waals surface area contributed by atoms with E-state index in [2.05, 4.69) is 21.2 Å². The zero-order chi connectivity index (χ0) is 13.1. The molecule has 1 amide bonds. The number of halogens is 1. The molecule has 0 bridgehead atoms. The second kappa shape index (κ2) is 5.40. The van der Waals surface area contributed by atoms with Crippen molar-refractivity contribution >= 4 is 21.8 Å². The molecule has 0 aliphatic heterocycles. The number of amides is 1. The van der Waals surface area contributed by atoms with E-state index in [0.29, 0.717) is 6.54 Å². The minimum absolute atomic E-state index is 0.0674. The average Bonchev–Trinajstić information content (AvgIpc) is 2.30. The Hall–Kier alpha value is -1.23. The third-order valence-corrected chi connectivity index (χ3v) is 3.87. The Balaban J connectivity index is 2.74. The van der Waals surface area contributed by atoms with Gasteiger partial charge in [-0.15, -0.1) is 0 Å². The van der Waals surface area contributed by atoms with Gasteiger partial charge in [-0.2, -0.15) is 0 Å². The number of carbonyl (C=O) groups is 1. The van der Waals surface area contributed by atoms with E-state index >= 15 is 0 Å². The van der Waals surface area contributed by atoms with Gasteiger partial charge in [0.1, 0.15) is 0 Å². The van der Waals surface area contributed by atoms with Crippen LogP contribution in [0.15, 0.2) is 18.2 Å². The molecule has 0 spiro atoms. The molecule has 1 rings (SSSR count). The molecule has 0 aliphatic carbocycles. The molecule has 0 radical (unpaired) electrons. The maximum absolute atomic E-state index is 11.8. The van der Waals surface area contributed by atoms with Gasteiger partial charge in [-0.25, -0.2) is 0 Å². The average molecular weight is 302 g/mol. The fourth-order valence-electron chi connectivity index (χ4n) is 1.18. The van der Waals surface area contributed by atoms with Gasteiger partial charge in [0.2, 0.25) is 0 Å². The number of nitrogens with one attached hydrogen (secondary N) is 1. The van der Waals surface area contributed by atoms with Crippen molar-refractivity contribution < 1.29 is 15.0 Å². The zero-order valence-electron chi connectivity index (χ0n) is 9.83. The van der Waals surface area contributed by atoms with Crippen LogP contribution in [0.2, 0.25) is 0 Å². The number of rotatable bonds is 4. The number of aromatic hydroxyl groups is 2. The molecule has 0 heterocycles. The molecule has 17 heavy (non-hydrogen) atoms. The lowest BCUT2D eigenvalue weighted by atomic mass is 9.96. The third-order valence-electron chi connectivity index (χ3n) is 2.35. The molecule has 0 unspecified atom stereocenters. The van der Waals surface area contributed by atoms with Crippen molar-refractivity contribution in [3.8, 4) is 11.5 Å². The molecule has 0 atom stereocenters. The largest absolute Gasteiger partial charge is 0.504 e. The monoisotopic (exact) mass is 301 g/mol. The molecular formula is C12H16BrNO3. The maximum Gasteiger partial charge on any atom is 0.255 e. The number of alkyl halides is 1.